The molecule has 0 aromatic heterocycles. The zero-order valence-electron chi connectivity index (χ0n) is 19.5. The number of aryl methyl sites for hydroxylation is 1. The van der Waals surface area contributed by atoms with E-state index in [0.29, 0.717) is 31.1 Å². The minimum Gasteiger partial charge on any atom is -0.493 e. The monoisotopic (exact) mass is 615 g/mol. The summed E-state index contributed by atoms with van der Waals surface area (Å²) in [6.07, 6.45) is 1.62. The largest absolute Gasteiger partial charge is 0.493 e. The summed E-state index contributed by atoms with van der Waals surface area (Å²) in [4.78, 5) is 39.3. The van der Waals surface area contributed by atoms with Gasteiger partial charge in [-0.25, -0.2) is 4.79 Å². The van der Waals surface area contributed by atoms with E-state index in [1.807, 2.05) is 59.8 Å². The summed E-state index contributed by atoms with van der Waals surface area (Å²) in [5.74, 6) is 0.418. The van der Waals surface area contributed by atoms with Crippen LogP contribution in [-0.4, -0.2) is 42.3 Å². The van der Waals surface area contributed by atoms with Crippen molar-refractivity contribution in [2.75, 3.05) is 20.3 Å². The summed E-state index contributed by atoms with van der Waals surface area (Å²) >= 11 is 2.91. The van der Waals surface area contributed by atoms with Crippen molar-refractivity contribution in [2.24, 2.45) is 0 Å². The molecule has 184 valence electrons. The van der Waals surface area contributed by atoms with Crippen molar-refractivity contribution in [1.29, 1.82) is 0 Å². The van der Waals surface area contributed by atoms with Crippen LogP contribution in [0.4, 0.5) is 4.79 Å². The first kappa shape index (κ1) is 25.8. The number of thioether (sulfide) groups is 1. The van der Waals surface area contributed by atoms with Crippen molar-refractivity contribution in [3.63, 3.8) is 0 Å². The number of esters is 1. The van der Waals surface area contributed by atoms with Crippen LogP contribution in [0.25, 0.3) is 6.08 Å². The molecule has 3 aromatic carbocycles. The summed E-state index contributed by atoms with van der Waals surface area (Å²) in [6, 6.07) is 19.6. The maximum Gasteiger partial charge on any atom is 0.343 e. The normalized spacial score (nSPS) is 14.3. The molecule has 1 aliphatic rings. The zero-order valence-corrected chi connectivity index (χ0v) is 22.5. The van der Waals surface area contributed by atoms with Crippen LogP contribution < -0.4 is 14.2 Å². The summed E-state index contributed by atoms with van der Waals surface area (Å²) in [5.41, 5.74) is 2.12. The first-order chi connectivity index (χ1) is 17.4. The fourth-order valence-corrected chi connectivity index (χ4v) is 5.05. The van der Waals surface area contributed by atoms with E-state index >= 15 is 0 Å². The maximum atomic E-state index is 12.9. The third kappa shape index (κ3) is 6.08. The van der Waals surface area contributed by atoms with Gasteiger partial charge in [0.05, 0.1) is 27.7 Å². The molecule has 4 rings (SSSR count). The molecular weight excluding hydrogens is 593 g/mol. The number of rotatable bonds is 8. The number of methoxy groups -OCH3 is 1. The van der Waals surface area contributed by atoms with Gasteiger partial charge >= 0.3 is 5.97 Å². The number of amides is 2. The quantitative estimate of drug-likeness (QED) is 0.134. The molecule has 0 N–H and O–H groups in total. The molecular formula is C27H22INO6S. The third-order valence-electron chi connectivity index (χ3n) is 5.20. The zero-order chi connectivity index (χ0) is 25.7. The van der Waals surface area contributed by atoms with Crippen LogP contribution in [-0.2, 0) is 4.79 Å². The lowest BCUT2D eigenvalue weighted by molar-refractivity contribution is -0.123. The number of hydrogen-bond acceptors (Lipinski definition) is 7. The highest BCUT2D eigenvalue weighted by Crippen LogP contribution is 2.37. The van der Waals surface area contributed by atoms with Crippen molar-refractivity contribution in [3.05, 3.63) is 91.9 Å². The average Bonchev–Trinajstić information content (AvgIpc) is 3.13. The van der Waals surface area contributed by atoms with Crippen molar-refractivity contribution in [3.8, 4) is 17.2 Å². The second kappa shape index (κ2) is 11.6. The van der Waals surface area contributed by atoms with Gasteiger partial charge in [-0.1, -0.05) is 30.3 Å². The van der Waals surface area contributed by atoms with Crippen molar-refractivity contribution < 1.29 is 28.6 Å². The van der Waals surface area contributed by atoms with Crippen LogP contribution >= 0.6 is 34.4 Å². The minimum absolute atomic E-state index is 0.144. The second-order valence-electron chi connectivity index (χ2n) is 7.79. The number of benzene rings is 3. The molecule has 2 amide bonds. The molecule has 36 heavy (non-hydrogen) atoms. The average molecular weight is 615 g/mol. The van der Waals surface area contributed by atoms with Crippen LogP contribution in [0.3, 0.4) is 0 Å². The Morgan fingerprint density at radius 3 is 2.56 bits per heavy atom. The number of carbonyl (C=O) groups excluding carboxylic acids is 3. The second-order valence-corrected chi connectivity index (χ2v) is 9.94. The summed E-state index contributed by atoms with van der Waals surface area (Å²) in [5, 5.41) is -0.353. The standard InChI is InChI=1S/C27H22INO6S/c1-17-7-6-10-20(13-17)34-12-11-29-25(30)23(36-27(29)32)16-18-14-21(28)24(22(15-18)33-2)35-26(31)19-8-4-3-5-9-19/h3-10,13-16H,11-12H2,1-2H3/b23-16-. The number of ether oxygens (including phenoxy) is 3. The molecule has 7 nitrogen and oxygen atoms in total. The molecule has 0 bridgehead atoms. The van der Waals surface area contributed by atoms with Crippen LogP contribution in [0.15, 0.2) is 71.6 Å². The number of imide groups is 1. The van der Waals surface area contributed by atoms with Gasteiger partial charge in [0.25, 0.3) is 11.1 Å². The van der Waals surface area contributed by atoms with Crippen molar-refractivity contribution in [1.82, 2.24) is 4.90 Å². The van der Waals surface area contributed by atoms with Gasteiger partial charge in [-0.15, -0.1) is 0 Å². The predicted octanol–water partition coefficient (Wildman–Crippen LogP) is 5.94. The van der Waals surface area contributed by atoms with Gasteiger partial charge < -0.3 is 14.2 Å². The van der Waals surface area contributed by atoms with E-state index in [4.69, 9.17) is 14.2 Å². The molecule has 1 fully saturated rings. The SMILES string of the molecule is COc1cc(/C=C2\SC(=O)N(CCOc3cccc(C)c3)C2=O)cc(I)c1OC(=O)c1ccccc1. The molecule has 0 spiro atoms. The molecule has 0 aliphatic carbocycles. The molecule has 0 atom stereocenters. The Hall–Kier alpha value is -3.31. The van der Waals surface area contributed by atoms with Gasteiger partial charge in [-0.2, -0.15) is 0 Å². The van der Waals surface area contributed by atoms with E-state index in [1.165, 1.54) is 12.0 Å². The first-order valence-electron chi connectivity index (χ1n) is 11.0. The predicted molar refractivity (Wildman–Crippen MR) is 146 cm³/mol. The fourth-order valence-electron chi connectivity index (χ4n) is 3.45. The van der Waals surface area contributed by atoms with E-state index < -0.39 is 5.97 Å². The Labute approximate surface area is 226 Å². The highest BCUT2D eigenvalue weighted by atomic mass is 127. The molecule has 1 aliphatic heterocycles. The van der Waals surface area contributed by atoms with Gasteiger partial charge in [0, 0.05) is 0 Å². The van der Waals surface area contributed by atoms with Crippen LogP contribution in [0.1, 0.15) is 21.5 Å². The lowest BCUT2D eigenvalue weighted by Crippen LogP contribution is -2.32. The third-order valence-corrected chi connectivity index (χ3v) is 6.91. The topological polar surface area (TPSA) is 82.1 Å². The molecule has 0 saturated carbocycles. The lowest BCUT2D eigenvalue weighted by atomic mass is 10.1. The van der Waals surface area contributed by atoms with Crippen LogP contribution in [0.5, 0.6) is 17.2 Å². The van der Waals surface area contributed by atoms with Crippen molar-refractivity contribution in [2.45, 2.75) is 6.92 Å². The summed E-state index contributed by atoms with van der Waals surface area (Å²) in [7, 11) is 1.47. The first-order valence-corrected chi connectivity index (χ1v) is 12.8. The lowest BCUT2D eigenvalue weighted by Gasteiger charge is -2.13. The maximum absolute atomic E-state index is 12.9. The Bertz CT molecular complexity index is 1340. The molecule has 3 aromatic rings. The molecule has 0 unspecified atom stereocenters. The Balaban J connectivity index is 1.47. The van der Waals surface area contributed by atoms with E-state index in [0.717, 1.165) is 17.3 Å². The smallest absolute Gasteiger partial charge is 0.343 e. The van der Waals surface area contributed by atoms with Gasteiger partial charge in [-0.05, 0) is 94.9 Å². The summed E-state index contributed by atoms with van der Waals surface area (Å²) in [6.45, 7) is 2.30. The van der Waals surface area contributed by atoms with Gasteiger partial charge in [-0.3, -0.25) is 14.5 Å². The molecule has 1 heterocycles. The number of carbonyl (C=O) groups is 3. The van der Waals surface area contributed by atoms with Crippen LogP contribution in [0.2, 0.25) is 0 Å². The number of halogens is 1. The van der Waals surface area contributed by atoms with E-state index in [1.54, 1.807) is 42.5 Å². The Morgan fingerprint density at radius 1 is 1.06 bits per heavy atom. The molecule has 9 heteroatoms. The van der Waals surface area contributed by atoms with Gasteiger partial charge in [0.15, 0.2) is 11.5 Å². The van der Waals surface area contributed by atoms with Gasteiger partial charge in [0.1, 0.15) is 12.4 Å². The highest BCUT2D eigenvalue weighted by molar-refractivity contribution is 14.1. The summed E-state index contributed by atoms with van der Waals surface area (Å²) < 4.78 is 17.3. The number of hydrogen-bond donors (Lipinski definition) is 0. The number of nitrogens with zero attached hydrogens (tertiary/aromatic N) is 1. The highest BCUT2D eigenvalue weighted by Gasteiger charge is 2.35. The Kier molecular flexibility index (Phi) is 8.32. The van der Waals surface area contributed by atoms with Crippen molar-refractivity contribution >= 4 is 57.5 Å². The van der Waals surface area contributed by atoms with Crippen LogP contribution in [0, 0.1) is 10.5 Å². The molecule has 1 saturated heterocycles. The Morgan fingerprint density at radius 2 is 1.83 bits per heavy atom. The minimum atomic E-state index is -0.506. The van der Waals surface area contributed by atoms with Gasteiger partial charge in [0.2, 0.25) is 0 Å². The van der Waals surface area contributed by atoms with E-state index in [2.05, 4.69) is 0 Å². The molecule has 0 radical (unpaired) electrons. The fraction of sp³-hybridized carbons (Fsp3) is 0.148. The van der Waals surface area contributed by atoms with E-state index in [-0.39, 0.29) is 30.0 Å². The van der Waals surface area contributed by atoms with E-state index in [9.17, 15) is 14.4 Å².